The lowest BCUT2D eigenvalue weighted by atomic mass is 10.1. The summed E-state index contributed by atoms with van der Waals surface area (Å²) in [5.74, 6) is -0.109. The number of carbonyl (C=O) groups is 2. The van der Waals surface area contributed by atoms with Crippen LogP contribution in [-0.4, -0.2) is 24.7 Å². The predicted molar refractivity (Wildman–Crippen MR) is 123 cm³/mol. The fourth-order valence-corrected chi connectivity index (χ4v) is 2.95. The first-order chi connectivity index (χ1) is 14.9. The SMILES string of the molecule is Cc1ccc(C(=O)Oc2ccc(Br)cc2/C=N/NC(=O)COc2ccc(Cl)cc2)cc1. The van der Waals surface area contributed by atoms with Crippen molar-refractivity contribution in [2.75, 3.05) is 6.61 Å². The summed E-state index contributed by atoms with van der Waals surface area (Å²) < 4.78 is 11.6. The first kappa shape index (κ1) is 22.5. The second-order valence-electron chi connectivity index (χ2n) is 6.47. The van der Waals surface area contributed by atoms with Crippen molar-refractivity contribution in [2.45, 2.75) is 6.92 Å². The molecule has 0 radical (unpaired) electrons. The Hall–Kier alpha value is -3.16. The zero-order chi connectivity index (χ0) is 22.2. The number of amides is 1. The summed E-state index contributed by atoms with van der Waals surface area (Å²) in [5, 5.41) is 4.50. The van der Waals surface area contributed by atoms with Crippen LogP contribution < -0.4 is 14.9 Å². The maximum Gasteiger partial charge on any atom is 0.343 e. The van der Waals surface area contributed by atoms with Crippen LogP contribution in [0.3, 0.4) is 0 Å². The molecule has 0 heterocycles. The fourth-order valence-electron chi connectivity index (χ4n) is 2.45. The average Bonchev–Trinajstić information content (AvgIpc) is 2.75. The van der Waals surface area contributed by atoms with E-state index in [2.05, 4.69) is 26.5 Å². The Labute approximate surface area is 193 Å². The van der Waals surface area contributed by atoms with Gasteiger partial charge in [-0.1, -0.05) is 45.2 Å². The van der Waals surface area contributed by atoms with Crippen LogP contribution in [0.2, 0.25) is 5.02 Å². The minimum Gasteiger partial charge on any atom is -0.484 e. The van der Waals surface area contributed by atoms with Gasteiger partial charge in [0.25, 0.3) is 5.91 Å². The number of rotatable bonds is 7. The van der Waals surface area contributed by atoms with Crippen LogP contribution in [0, 0.1) is 6.92 Å². The molecule has 0 spiro atoms. The van der Waals surface area contributed by atoms with Gasteiger partial charge in [0.1, 0.15) is 11.5 Å². The van der Waals surface area contributed by atoms with Gasteiger partial charge in [-0.15, -0.1) is 0 Å². The monoisotopic (exact) mass is 500 g/mol. The smallest absolute Gasteiger partial charge is 0.343 e. The quantitative estimate of drug-likeness (QED) is 0.210. The number of ether oxygens (including phenoxy) is 2. The third-order valence-corrected chi connectivity index (χ3v) is 4.78. The van der Waals surface area contributed by atoms with Gasteiger partial charge in [0.2, 0.25) is 0 Å². The molecule has 0 fully saturated rings. The van der Waals surface area contributed by atoms with Gasteiger partial charge < -0.3 is 9.47 Å². The molecule has 8 heteroatoms. The van der Waals surface area contributed by atoms with E-state index >= 15 is 0 Å². The molecule has 0 unspecified atom stereocenters. The number of carbonyl (C=O) groups excluding carboxylic acids is 2. The normalized spacial score (nSPS) is 10.7. The van der Waals surface area contributed by atoms with Gasteiger partial charge in [0.15, 0.2) is 6.61 Å². The number of hydrogen-bond donors (Lipinski definition) is 1. The molecule has 0 atom stereocenters. The largest absolute Gasteiger partial charge is 0.484 e. The van der Waals surface area contributed by atoms with Crippen molar-refractivity contribution in [1.82, 2.24) is 5.43 Å². The predicted octanol–water partition coefficient (Wildman–Crippen LogP) is 5.16. The van der Waals surface area contributed by atoms with Crippen molar-refractivity contribution in [1.29, 1.82) is 0 Å². The Morgan fingerprint density at radius 1 is 1.06 bits per heavy atom. The average molecular weight is 502 g/mol. The van der Waals surface area contributed by atoms with Gasteiger partial charge in [-0.2, -0.15) is 5.10 Å². The lowest BCUT2D eigenvalue weighted by molar-refractivity contribution is -0.123. The van der Waals surface area contributed by atoms with Gasteiger partial charge in [-0.3, -0.25) is 4.79 Å². The van der Waals surface area contributed by atoms with Crippen molar-refractivity contribution in [3.8, 4) is 11.5 Å². The highest BCUT2D eigenvalue weighted by Gasteiger charge is 2.11. The van der Waals surface area contributed by atoms with Crippen LogP contribution in [0.5, 0.6) is 11.5 Å². The number of esters is 1. The highest BCUT2D eigenvalue weighted by atomic mass is 79.9. The van der Waals surface area contributed by atoms with E-state index < -0.39 is 11.9 Å². The molecule has 1 amide bonds. The molecule has 0 aliphatic rings. The van der Waals surface area contributed by atoms with Crippen LogP contribution in [0.4, 0.5) is 0 Å². The van der Waals surface area contributed by atoms with E-state index in [9.17, 15) is 9.59 Å². The zero-order valence-corrected chi connectivity index (χ0v) is 18.8. The van der Waals surface area contributed by atoms with Crippen LogP contribution in [0.15, 0.2) is 76.3 Å². The van der Waals surface area contributed by atoms with Gasteiger partial charge in [-0.05, 0) is 61.5 Å². The summed E-state index contributed by atoms with van der Waals surface area (Å²) in [6.07, 6.45) is 1.39. The summed E-state index contributed by atoms with van der Waals surface area (Å²) in [7, 11) is 0. The van der Waals surface area contributed by atoms with Crippen molar-refractivity contribution in [2.24, 2.45) is 5.10 Å². The standard InChI is InChI=1S/C23H18BrClN2O4/c1-15-2-4-16(5-3-15)23(29)31-21-11-6-18(24)12-17(21)13-26-27-22(28)14-30-20-9-7-19(25)8-10-20/h2-13H,14H2,1H3,(H,27,28)/b26-13+. The molecule has 1 N–H and O–H groups in total. The van der Waals surface area contributed by atoms with Crippen molar-refractivity contribution in [3.63, 3.8) is 0 Å². The Morgan fingerprint density at radius 3 is 2.48 bits per heavy atom. The van der Waals surface area contributed by atoms with Gasteiger partial charge >= 0.3 is 5.97 Å². The highest BCUT2D eigenvalue weighted by molar-refractivity contribution is 9.10. The maximum atomic E-state index is 12.4. The summed E-state index contributed by atoms with van der Waals surface area (Å²) in [4.78, 5) is 24.4. The highest BCUT2D eigenvalue weighted by Crippen LogP contribution is 2.23. The van der Waals surface area contributed by atoms with Gasteiger partial charge in [-0.25, -0.2) is 10.2 Å². The summed E-state index contributed by atoms with van der Waals surface area (Å²) in [6.45, 7) is 1.72. The zero-order valence-electron chi connectivity index (χ0n) is 16.5. The summed E-state index contributed by atoms with van der Waals surface area (Å²) in [5.41, 5.74) is 4.36. The molecule has 0 aromatic heterocycles. The maximum absolute atomic E-state index is 12.4. The van der Waals surface area contributed by atoms with E-state index in [0.29, 0.717) is 27.6 Å². The number of benzene rings is 3. The molecule has 3 rings (SSSR count). The van der Waals surface area contributed by atoms with E-state index in [1.807, 2.05) is 19.1 Å². The molecule has 3 aromatic carbocycles. The fraction of sp³-hybridized carbons (Fsp3) is 0.0870. The van der Waals surface area contributed by atoms with E-state index in [1.165, 1.54) is 6.21 Å². The number of hydrogen-bond acceptors (Lipinski definition) is 5. The number of halogens is 2. The summed E-state index contributed by atoms with van der Waals surface area (Å²) in [6, 6.07) is 18.8. The van der Waals surface area contributed by atoms with Crippen molar-refractivity contribution in [3.05, 3.63) is 92.9 Å². The van der Waals surface area contributed by atoms with E-state index in [4.69, 9.17) is 21.1 Å². The Kier molecular flexibility index (Phi) is 7.81. The third kappa shape index (κ3) is 6.94. The van der Waals surface area contributed by atoms with Crippen LogP contribution in [-0.2, 0) is 4.79 Å². The molecule has 0 aliphatic carbocycles. The van der Waals surface area contributed by atoms with E-state index in [0.717, 1.165) is 10.0 Å². The van der Waals surface area contributed by atoms with Crippen molar-refractivity contribution >= 4 is 45.6 Å². The van der Waals surface area contributed by atoms with Gasteiger partial charge in [0, 0.05) is 15.1 Å². The molecule has 0 saturated heterocycles. The van der Waals surface area contributed by atoms with Crippen molar-refractivity contribution < 1.29 is 19.1 Å². The Morgan fingerprint density at radius 2 is 1.77 bits per heavy atom. The number of nitrogens with one attached hydrogen (secondary N) is 1. The molecule has 31 heavy (non-hydrogen) atoms. The first-order valence-corrected chi connectivity index (χ1v) is 10.4. The number of hydrazone groups is 1. The van der Waals surface area contributed by atoms with Crippen LogP contribution in [0.1, 0.15) is 21.5 Å². The second-order valence-corrected chi connectivity index (χ2v) is 7.83. The molecule has 6 nitrogen and oxygen atoms in total. The Balaban J connectivity index is 1.61. The Bertz CT molecular complexity index is 1100. The minimum atomic E-state index is -0.489. The third-order valence-electron chi connectivity index (χ3n) is 4.04. The molecule has 0 aliphatic heterocycles. The lowest BCUT2D eigenvalue weighted by Gasteiger charge is -2.08. The molecule has 0 bridgehead atoms. The number of aryl methyl sites for hydroxylation is 1. The van der Waals surface area contributed by atoms with Crippen LogP contribution >= 0.6 is 27.5 Å². The second kappa shape index (κ2) is 10.7. The number of nitrogens with zero attached hydrogens (tertiary/aromatic N) is 1. The molecular formula is C23H18BrClN2O4. The first-order valence-electron chi connectivity index (χ1n) is 9.19. The van der Waals surface area contributed by atoms with Gasteiger partial charge in [0.05, 0.1) is 11.8 Å². The van der Waals surface area contributed by atoms with E-state index in [1.54, 1.807) is 54.6 Å². The minimum absolute atomic E-state index is 0.216. The molecule has 0 saturated carbocycles. The topological polar surface area (TPSA) is 77.0 Å². The molecule has 3 aromatic rings. The molecule has 158 valence electrons. The summed E-state index contributed by atoms with van der Waals surface area (Å²) >= 11 is 9.18. The van der Waals surface area contributed by atoms with E-state index in [-0.39, 0.29) is 6.61 Å². The van der Waals surface area contributed by atoms with Crippen LogP contribution in [0.25, 0.3) is 0 Å². The molecular weight excluding hydrogens is 484 g/mol. The lowest BCUT2D eigenvalue weighted by Crippen LogP contribution is -2.24.